The van der Waals surface area contributed by atoms with Crippen molar-refractivity contribution in [3.63, 3.8) is 0 Å². The van der Waals surface area contributed by atoms with Crippen LogP contribution in [0.3, 0.4) is 0 Å². The van der Waals surface area contributed by atoms with Crippen LogP contribution in [-0.2, 0) is 27.5 Å². The number of esters is 1. The summed E-state index contributed by atoms with van der Waals surface area (Å²) in [5, 5.41) is 7.52. The molecule has 0 radical (unpaired) electrons. The van der Waals surface area contributed by atoms with Gasteiger partial charge in [0.2, 0.25) is 0 Å². The number of allylic oxidation sites excluding steroid dienone is 2. The Bertz CT molecular complexity index is 789. The van der Waals surface area contributed by atoms with Crippen LogP contribution in [-0.4, -0.2) is 18.5 Å². The van der Waals surface area contributed by atoms with Gasteiger partial charge in [0.15, 0.2) is 23.3 Å². The SMILES string of the molecule is COCc1c(F)c(F)c(COC(=O)C(Cl)C(C)(C)C/C=C(\C)C#N)c(F)c1F. The van der Waals surface area contributed by atoms with Gasteiger partial charge in [0.05, 0.1) is 23.8 Å². The zero-order chi connectivity index (χ0) is 21.6. The van der Waals surface area contributed by atoms with Crippen LogP contribution in [0.15, 0.2) is 11.6 Å². The average Bonchev–Trinajstić information content (AvgIpc) is 2.66. The van der Waals surface area contributed by atoms with Gasteiger partial charge in [-0.2, -0.15) is 5.26 Å². The van der Waals surface area contributed by atoms with Crippen molar-refractivity contribution in [2.24, 2.45) is 5.41 Å². The minimum absolute atomic E-state index is 0.257. The Morgan fingerprint density at radius 1 is 1.14 bits per heavy atom. The van der Waals surface area contributed by atoms with Gasteiger partial charge in [-0.25, -0.2) is 17.6 Å². The molecule has 0 aromatic heterocycles. The molecule has 0 aliphatic rings. The van der Waals surface area contributed by atoms with Crippen molar-refractivity contribution in [2.45, 2.75) is 45.8 Å². The molecule has 4 nitrogen and oxygen atoms in total. The summed E-state index contributed by atoms with van der Waals surface area (Å²) in [7, 11) is 1.11. The second-order valence-electron chi connectivity index (χ2n) is 6.81. The maximum atomic E-state index is 14.1. The monoisotopic (exact) mass is 421 g/mol. The Kier molecular flexibility index (Phi) is 8.46. The van der Waals surface area contributed by atoms with Crippen molar-refractivity contribution in [1.82, 2.24) is 0 Å². The highest BCUT2D eigenvalue weighted by Crippen LogP contribution is 2.32. The highest BCUT2D eigenvalue weighted by molar-refractivity contribution is 6.30. The Morgan fingerprint density at radius 3 is 2.04 bits per heavy atom. The van der Waals surface area contributed by atoms with Gasteiger partial charge in [0, 0.05) is 12.7 Å². The van der Waals surface area contributed by atoms with Gasteiger partial charge in [-0.15, -0.1) is 11.6 Å². The fourth-order valence-corrected chi connectivity index (χ4v) is 2.37. The Balaban J connectivity index is 2.98. The van der Waals surface area contributed by atoms with E-state index in [0.717, 1.165) is 7.11 Å². The number of benzene rings is 1. The van der Waals surface area contributed by atoms with Crippen LogP contribution < -0.4 is 0 Å². The first kappa shape index (κ1) is 23.9. The first-order chi connectivity index (χ1) is 13.0. The molecule has 0 amide bonds. The smallest absolute Gasteiger partial charge is 0.324 e. The highest BCUT2D eigenvalue weighted by atomic mass is 35.5. The highest BCUT2D eigenvalue weighted by Gasteiger charge is 2.35. The van der Waals surface area contributed by atoms with E-state index < -0.39 is 64.4 Å². The number of ether oxygens (including phenoxy) is 2. The van der Waals surface area contributed by atoms with Crippen LogP contribution in [0.5, 0.6) is 0 Å². The van der Waals surface area contributed by atoms with Crippen molar-refractivity contribution in [2.75, 3.05) is 7.11 Å². The molecule has 154 valence electrons. The van der Waals surface area contributed by atoms with Gasteiger partial charge >= 0.3 is 5.97 Å². The molecule has 1 rings (SSSR count). The molecule has 0 fully saturated rings. The van der Waals surface area contributed by atoms with E-state index in [-0.39, 0.29) is 6.42 Å². The number of alkyl halides is 1. The zero-order valence-corrected chi connectivity index (χ0v) is 16.6. The van der Waals surface area contributed by atoms with Crippen LogP contribution in [0.25, 0.3) is 0 Å². The summed E-state index contributed by atoms with van der Waals surface area (Å²) in [6.07, 6.45) is 1.84. The van der Waals surface area contributed by atoms with Crippen LogP contribution in [0, 0.1) is 40.0 Å². The largest absolute Gasteiger partial charge is 0.459 e. The molecule has 0 heterocycles. The number of hydrogen-bond acceptors (Lipinski definition) is 4. The van der Waals surface area contributed by atoms with Crippen LogP contribution in [0.4, 0.5) is 17.6 Å². The van der Waals surface area contributed by atoms with E-state index in [1.54, 1.807) is 26.8 Å². The van der Waals surface area contributed by atoms with Crippen molar-refractivity contribution in [1.29, 1.82) is 5.26 Å². The second kappa shape index (κ2) is 9.89. The fourth-order valence-electron chi connectivity index (χ4n) is 2.22. The van der Waals surface area contributed by atoms with Gasteiger partial charge in [-0.3, -0.25) is 4.79 Å². The maximum Gasteiger partial charge on any atom is 0.324 e. The van der Waals surface area contributed by atoms with E-state index in [9.17, 15) is 22.4 Å². The Morgan fingerprint density at radius 2 is 1.61 bits per heavy atom. The lowest BCUT2D eigenvalue weighted by Gasteiger charge is -2.27. The molecule has 1 atom stereocenters. The summed E-state index contributed by atoms with van der Waals surface area (Å²) in [6, 6.07) is 1.93. The lowest BCUT2D eigenvalue weighted by atomic mass is 9.84. The number of methoxy groups -OCH3 is 1. The van der Waals surface area contributed by atoms with Crippen molar-refractivity contribution in [3.05, 3.63) is 46.0 Å². The van der Waals surface area contributed by atoms with Gasteiger partial charge in [-0.05, 0) is 18.8 Å². The van der Waals surface area contributed by atoms with Gasteiger partial charge in [-0.1, -0.05) is 19.9 Å². The maximum absolute atomic E-state index is 14.1. The third-order valence-electron chi connectivity index (χ3n) is 4.10. The van der Waals surface area contributed by atoms with Crippen molar-refractivity contribution in [3.8, 4) is 6.07 Å². The predicted molar refractivity (Wildman–Crippen MR) is 94.2 cm³/mol. The van der Waals surface area contributed by atoms with Crippen molar-refractivity contribution >= 4 is 17.6 Å². The second-order valence-corrected chi connectivity index (χ2v) is 7.24. The number of rotatable bonds is 8. The minimum Gasteiger partial charge on any atom is -0.459 e. The molecule has 1 unspecified atom stereocenters. The number of nitrogens with zero attached hydrogens (tertiary/aromatic N) is 1. The lowest BCUT2D eigenvalue weighted by molar-refractivity contribution is -0.146. The molecule has 1 aromatic rings. The summed E-state index contributed by atoms with van der Waals surface area (Å²) in [4.78, 5) is 12.1. The predicted octanol–water partition coefficient (Wildman–Crippen LogP) is 4.93. The van der Waals surface area contributed by atoms with Gasteiger partial charge < -0.3 is 9.47 Å². The molecule has 0 spiro atoms. The first-order valence-electron chi connectivity index (χ1n) is 8.18. The topological polar surface area (TPSA) is 59.3 Å². The summed E-state index contributed by atoms with van der Waals surface area (Å²) >= 11 is 6.09. The number of carbonyl (C=O) groups excluding carboxylic acids is 1. The molecule has 28 heavy (non-hydrogen) atoms. The lowest BCUT2D eigenvalue weighted by Crippen LogP contribution is -2.33. The first-order valence-corrected chi connectivity index (χ1v) is 8.61. The van der Waals surface area contributed by atoms with E-state index in [1.165, 1.54) is 0 Å². The number of carbonyl (C=O) groups is 1. The van der Waals surface area contributed by atoms with Gasteiger partial charge in [0.25, 0.3) is 0 Å². The summed E-state index contributed by atoms with van der Waals surface area (Å²) in [5.74, 6) is -7.60. The molecule has 1 aromatic carbocycles. The van der Waals surface area contributed by atoms with E-state index in [1.807, 2.05) is 6.07 Å². The van der Waals surface area contributed by atoms with E-state index in [2.05, 4.69) is 4.74 Å². The average molecular weight is 422 g/mol. The summed E-state index contributed by atoms with van der Waals surface area (Å²) < 4.78 is 65.2. The number of hydrogen-bond donors (Lipinski definition) is 0. The van der Waals surface area contributed by atoms with Gasteiger partial charge in [0.1, 0.15) is 12.0 Å². The molecular weight excluding hydrogens is 402 g/mol. The molecule has 9 heteroatoms. The minimum atomic E-state index is -1.67. The quantitative estimate of drug-likeness (QED) is 0.196. The van der Waals surface area contributed by atoms with E-state index in [4.69, 9.17) is 21.6 Å². The third-order valence-corrected chi connectivity index (χ3v) is 4.87. The Hall–Kier alpha value is -2.11. The van der Waals surface area contributed by atoms with Crippen LogP contribution >= 0.6 is 11.6 Å². The van der Waals surface area contributed by atoms with Crippen LogP contribution in [0.2, 0.25) is 0 Å². The molecule has 0 bridgehead atoms. The molecule has 0 saturated heterocycles. The number of halogens is 5. The molecule has 0 aliphatic carbocycles. The Labute approximate surface area is 165 Å². The van der Waals surface area contributed by atoms with Crippen LogP contribution in [0.1, 0.15) is 38.3 Å². The molecule has 0 N–H and O–H groups in total. The normalized spacial score (nSPS) is 13.2. The standard InChI is InChI=1S/C19H20ClF4NO3/c1-10(7-25)5-6-19(2,3)17(20)18(26)28-9-12-15(23)13(21)11(8-27-4)14(22)16(12)24/h5,17H,6,8-9H2,1-4H3/b10-5+. The molecule has 0 saturated carbocycles. The summed E-state index contributed by atoms with van der Waals surface area (Å²) in [5.41, 5.74) is -2.39. The summed E-state index contributed by atoms with van der Waals surface area (Å²) in [6.45, 7) is 3.14. The molecule has 0 aliphatic heterocycles. The van der Waals surface area contributed by atoms with Crippen molar-refractivity contribution < 1.29 is 31.8 Å². The molecular formula is C19H20ClF4NO3. The van der Waals surface area contributed by atoms with E-state index >= 15 is 0 Å². The fraction of sp³-hybridized carbons (Fsp3) is 0.474. The zero-order valence-electron chi connectivity index (χ0n) is 15.8. The van der Waals surface area contributed by atoms with E-state index in [0.29, 0.717) is 5.57 Å². The third kappa shape index (κ3) is 5.46. The number of nitriles is 1.